The van der Waals surface area contributed by atoms with Crippen LogP contribution in [-0.4, -0.2) is 55.1 Å². The number of aliphatic imine (C=N–C) groups is 1. The lowest BCUT2D eigenvalue weighted by Crippen LogP contribution is -2.44. The zero-order chi connectivity index (χ0) is 21.8. The molecule has 3 atom stereocenters. The van der Waals surface area contributed by atoms with Crippen molar-refractivity contribution in [1.29, 1.82) is 0 Å². The Morgan fingerprint density at radius 3 is 2.45 bits per heavy atom. The zero-order valence-electron chi connectivity index (χ0n) is 20.2. The smallest absolute Gasteiger partial charge is 0.129 e. The van der Waals surface area contributed by atoms with E-state index >= 15 is 0 Å². The van der Waals surface area contributed by atoms with E-state index in [0.717, 1.165) is 31.8 Å². The number of amidine groups is 1. The van der Waals surface area contributed by atoms with Crippen LogP contribution in [0.3, 0.4) is 0 Å². The molecular weight excluding hydrogens is 358 g/mol. The second kappa shape index (κ2) is 13.7. The van der Waals surface area contributed by atoms with Crippen LogP contribution in [0.5, 0.6) is 0 Å². The Kier molecular flexibility index (Phi) is 12.1. The van der Waals surface area contributed by atoms with E-state index in [4.69, 9.17) is 4.99 Å². The fourth-order valence-electron chi connectivity index (χ4n) is 3.79. The molecule has 0 amide bonds. The number of rotatable bonds is 14. The first-order valence-corrected chi connectivity index (χ1v) is 11.8. The lowest BCUT2D eigenvalue weighted by atomic mass is 10.0. The molecule has 0 bridgehead atoms. The first kappa shape index (κ1) is 25.5. The van der Waals surface area contributed by atoms with Crippen molar-refractivity contribution in [3.05, 3.63) is 24.0 Å². The van der Waals surface area contributed by atoms with Gasteiger partial charge in [0.1, 0.15) is 11.7 Å². The predicted molar refractivity (Wildman–Crippen MR) is 128 cm³/mol. The number of hydrogen-bond acceptors (Lipinski definition) is 4. The van der Waals surface area contributed by atoms with Gasteiger partial charge in [-0.2, -0.15) is 0 Å². The van der Waals surface area contributed by atoms with Crippen molar-refractivity contribution in [2.45, 2.75) is 91.6 Å². The molecule has 0 aromatic carbocycles. The molecular formula is C24H47N5. The number of likely N-dealkylation sites (N-methyl/N-ethyl adjacent to an activating group) is 1. The normalized spacial score (nSPS) is 18.7. The number of nitrogens with one attached hydrogen (secondary N) is 2. The predicted octanol–water partition coefficient (Wildman–Crippen LogP) is 4.94. The molecule has 0 spiro atoms. The molecule has 0 aromatic rings. The Bertz CT molecular complexity index is 539. The van der Waals surface area contributed by atoms with Gasteiger partial charge in [0.2, 0.25) is 0 Å². The Hall–Kier alpha value is -1.49. The van der Waals surface area contributed by atoms with E-state index in [2.05, 4.69) is 68.9 Å². The Morgan fingerprint density at radius 1 is 1.17 bits per heavy atom. The van der Waals surface area contributed by atoms with Gasteiger partial charge in [0.15, 0.2) is 0 Å². The summed E-state index contributed by atoms with van der Waals surface area (Å²) in [5, 5.41) is 11.9. The van der Waals surface area contributed by atoms with E-state index < -0.39 is 0 Å². The van der Waals surface area contributed by atoms with Gasteiger partial charge in [-0.25, -0.2) is 5.01 Å². The molecule has 5 nitrogen and oxygen atoms in total. The number of nitrogens with zero attached hydrogens (tertiary/aromatic N) is 3. The second-order valence-electron chi connectivity index (χ2n) is 8.52. The maximum absolute atomic E-state index is 5.01. The van der Waals surface area contributed by atoms with E-state index in [-0.39, 0.29) is 6.04 Å². The quantitative estimate of drug-likeness (QED) is 0.186. The summed E-state index contributed by atoms with van der Waals surface area (Å²) in [5.74, 6) is 2.79. The summed E-state index contributed by atoms with van der Waals surface area (Å²) < 4.78 is 0. The molecule has 1 rings (SSSR count). The second-order valence-corrected chi connectivity index (χ2v) is 8.52. The number of unbranched alkanes of at least 4 members (excludes halogenated alkanes) is 3. The van der Waals surface area contributed by atoms with Crippen molar-refractivity contribution in [3.63, 3.8) is 0 Å². The minimum absolute atomic E-state index is 0.187. The van der Waals surface area contributed by atoms with Crippen LogP contribution in [0.2, 0.25) is 0 Å². The number of hydrogen-bond donors (Lipinski definition) is 2. The first-order chi connectivity index (χ1) is 13.9. The topological polar surface area (TPSA) is 42.9 Å². The van der Waals surface area contributed by atoms with Crippen molar-refractivity contribution < 1.29 is 0 Å². The third-order valence-corrected chi connectivity index (χ3v) is 5.98. The van der Waals surface area contributed by atoms with Crippen molar-refractivity contribution in [1.82, 2.24) is 20.7 Å². The van der Waals surface area contributed by atoms with Gasteiger partial charge in [-0.15, -0.1) is 6.58 Å². The van der Waals surface area contributed by atoms with Crippen LogP contribution >= 0.6 is 0 Å². The van der Waals surface area contributed by atoms with Crippen LogP contribution in [0.15, 0.2) is 29.0 Å². The van der Waals surface area contributed by atoms with E-state index in [1.807, 2.05) is 13.1 Å². The van der Waals surface area contributed by atoms with E-state index in [1.165, 1.54) is 43.5 Å². The van der Waals surface area contributed by atoms with Crippen molar-refractivity contribution >= 4 is 5.84 Å². The molecule has 0 fully saturated rings. The zero-order valence-corrected chi connectivity index (χ0v) is 20.2. The molecule has 5 heteroatoms. The van der Waals surface area contributed by atoms with Crippen LogP contribution < -0.4 is 10.6 Å². The maximum Gasteiger partial charge on any atom is 0.129 e. The SMILES string of the molecule is C=CC(C)N/C(=N/CC(C)CC)C1=C(NC)N(C(CC)CCCCCC)N(C)C1. The third kappa shape index (κ3) is 7.69. The maximum atomic E-state index is 5.01. The van der Waals surface area contributed by atoms with Crippen LogP contribution in [0.1, 0.15) is 79.6 Å². The summed E-state index contributed by atoms with van der Waals surface area (Å²) in [6.07, 6.45) is 10.7. The monoisotopic (exact) mass is 405 g/mol. The van der Waals surface area contributed by atoms with E-state index in [9.17, 15) is 0 Å². The van der Waals surface area contributed by atoms with Gasteiger partial charge in [0.25, 0.3) is 0 Å². The first-order valence-electron chi connectivity index (χ1n) is 11.8. The van der Waals surface area contributed by atoms with Gasteiger partial charge < -0.3 is 10.6 Å². The van der Waals surface area contributed by atoms with Crippen molar-refractivity contribution in [2.24, 2.45) is 10.9 Å². The molecule has 2 N–H and O–H groups in total. The fourth-order valence-corrected chi connectivity index (χ4v) is 3.79. The van der Waals surface area contributed by atoms with Gasteiger partial charge in [-0.3, -0.25) is 10.0 Å². The van der Waals surface area contributed by atoms with Crippen molar-refractivity contribution in [3.8, 4) is 0 Å². The van der Waals surface area contributed by atoms with Crippen LogP contribution in [0.25, 0.3) is 0 Å². The molecule has 0 saturated carbocycles. The van der Waals surface area contributed by atoms with E-state index in [1.54, 1.807) is 0 Å². The van der Waals surface area contributed by atoms with Crippen molar-refractivity contribution in [2.75, 3.05) is 27.2 Å². The average molecular weight is 406 g/mol. The molecule has 0 saturated heterocycles. The molecule has 29 heavy (non-hydrogen) atoms. The highest BCUT2D eigenvalue weighted by Crippen LogP contribution is 2.27. The highest BCUT2D eigenvalue weighted by Gasteiger charge is 2.33. The van der Waals surface area contributed by atoms with Gasteiger partial charge in [0.05, 0.1) is 12.1 Å². The van der Waals surface area contributed by atoms with E-state index in [0.29, 0.717) is 12.0 Å². The van der Waals surface area contributed by atoms with Gasteiger partial charge in [-0.05, 0) is 25.7 Å². The summed E-state index contributed by atoms with van der Waals surface area (Å²) in [6, 6.07) is 0.705. The lowest BCUT2D eigenvalue weighted by molar-refractivity contribution is 0.0122. The highest BCUT2D eigenvalue weighted by molar-refractivity contribution is 6.00. The third-order valence-electron chi connectivity index (χ3n) is 5.98. The molecule has 0 aromatic heterocycles. The standard InChI is InChI=1S/C24H47N5/c1-9-13-14-15-16-21(12-4)29-24(25-7)22(18-28(29)8)23(27-20(6)11-3)26-17-19(5)10-2/h11,19-21,25H,3,9-10,12-18H2,1-2,4-8H3,(H,26,27). The average Bonchev–Trinajstić information content (AvgIpc) is 3.06. The Balaban J connectivity index is 3.14. The van der Waals surface area contributed by atoms with Gasteiger partial charge >= 0.3 is 0 Å². The summed E-state index contributed by atoms with van der Waals surface area (Å²) >= 11 is 0. The Morgan fingerprint density at radius 2 is 1.90 bits per heavy atom. The molecule has 168 valence electrons. The minimum atomic E-state index is 0.187. The Labute approximate surface area is 180 Å². The highest BCUT2D eigenvalue weighted by atomic mass is 15.7. The van der Waals surface area contributed by atoms with Crippen LogP contribution in [0.4, 0.5) is 0 Å². The lowest BCUT2D eigenvalue weighted by Gasteiger charge is -2.36. The van der Waals surface area contributed by atoms with Crippen LogP contribution in [0, 0.1) is 5.92 Å². The van der Waals surface area contributed by atoms with Crippen LogP contribution in [-0.2, 0) is 0 Å². The summed E-state index contributed by atoms with van der Waals surface area (Å²) in [4.78, 5) is 5.01. The molecule has 0 aliphatic carbocycles. The fraction of sp³-hybridized carbons (Fsp3) is 0.792. The minimum Gasteiger partial charge on any atom is -0.373 e. The molecule has 1 aliphatic heterocycles. The summed E-state index contributed by atoms with van der Waals surface area (Å²) in [7, 11) is 4.23. The molecule has 0 radical (unpaired) electrons. The molecule has 1 heterocycles. The summed E-state index contributed by atoms with van der Waals surface area (Å²) in [6.45, 7) is 16.9. The molecule has 1 aliphatic rings. The summed E-state index contributed by atoms with van der Waals surface area (Å²) in [5.41, 5.74) is 1.26. The molecule has 3 unspecified atom stereocenters. The van der Waals surface area contributed by atoms with Gasteiger partial charge in [0, 0.05) is 32.7 Å². The number of hydrazine groups is 1. The largest absolute Gasteiger partial charge is 0.373 e. The van der Waals surface area contributed by atoms with Gasteiger partial charge in [-0.1, -0.05) is 65.9 Å².